The zero-order chi connectivity index (χ0) is 14.8. The molecular formula is C14H16N4O2S. The first-order valence-electron chi connectivity index (χ1n) is 6.83. The van der Waals surface area contributed by atoms with Crippen LogP contribution in [0.1, 0.15) is 25.3 Å². The molecule has 0 aliphatic heterocycles. The van der Waals surface area contributed by atoms with Crippen LogP contribution >= 0.6 is 11.8 Å². The topological polar surface area (TPSA) is 80.9 Å². The minimum Gasteiger partial charge on any atom is -0.481 e. The maximum Gasteiger partial charge on any atom is 0.305 e. The van der Waals surface area contributed by atoms with Crippen molar-refractivity contribution in [3.05, 3.63) is 24.3 Å². The predicted octanol–water partition coefficient (Wildman–Crippen LogP) is 2.49. The van der Waals surface area contributed by atoms with Crippen molar-refractivity contribution in [2.45, 2.75) is 30.2 Å². The van der Waals surface area contributed by atoms with Crippen LogP contribution in [-0.4, -0.2) is 37.5 Å². The highest BCUT2D eigenvalue weighted by Crippen LogP contribution is 2.43. The summed E-state index contributed by atoms with van der Waals surface area (Å²) in [6.45, 7) is 0. The molecule has 21 heavy (non-hydrogen) atoms. The summed E-state index contributed by atoms with van der Waals surface area (Å²) in [5.74, 6) is 0.203. The zero-order valence-corrected chi connectivity index (χ0v) is 12.5. The van der Waals surface area contributed by atoms with E-state index in [9.17, 15) is 4.79 Å². The smallest absolute Gasteiger partial charge is 0.305 e. The van der Waals surface area contributed by atoms with Crippen molar-refractivity contribution in [1.29, 1.82) is 0 Å². The number of benzene rings is 1. The van der Waals surface area contributed by atoms with E-state index in [-0.39, 0.29) is 12.5 Å². The van der Waals surface area contributed by atoms with Gasteiger partial charge < -0.3 is 5.11 Å². The molecule has 0 radical (unpaired) electrons. The first-order valence-corrected chi connectivity index (χ1v) is 8.06. The Hall–Kier alpha value is -1.89. The third kappa shape index (κ3) is 2.92. The monoisotopic (exact) mass is 304 g/mol. The van der Waals surface area contributed by atoms with E-state index < -0.39 is 5.97 Å². The molecule has 1 N–H and O–H groups in total. The molecule has 0 saturated heterocycles. The lowest BCUT2D eigenvalue weighted by molar-refractivity contribution is -0.138. The van der Waals surface area contributed by atoms with Crippen LogP contribution < -0.4 is 0 Å². The fourth-order valence-corrected chi connectivity index (χ4v) is 3.13. The largest absolute Gasteiger partial charge is 0.481 e. The number of nitrogens with zero attached hydrogens (tertiary/aromatic N) is 4. The van der Waals surface area contributed by atoms with Crippen LogP contribution in [0.15, 0.2) is 29.2 Å². The zero-order valence-electron chi connectivity index (χ0n) is 11.6. The highest BCUT2D eigenvalue weighted by molar-refractivity contribution is 7.98. The quantitative estimate of drug-likeness (QED) is 0.826. The van der Waals surface area contributed by atoms with Gasteiger partial charge in [0.25, 0.3) is 0 Å². The fraction of sp³-hybridized carbons (Fsp3) is 0.429. The summed E-state index contributed by atoms with van der Waals surface area (Å²) in [5, 5.41) is 21.1. The van der Waals surface area contributed by atoms with E-state index >= 15 is 0 Å². The SMILES string of the molecule is CSc1ccccc1-c1nnnn1C(CC(=O)O)C1CC1. The van der Waals surface area contributed by atoms with Crippen LogP contribution in [-0.2, 0) is 4.79 Å². The minimum absolute atomic E-state index is 0.0597. The number of carboxylic acid groups (broad SMARTS) is 1. The number of thioether (sulfide) groups is 1. The molecule has 2 aromatic rings. The number of aromatic nitrogens is 4. The summed E-state index contributed by atoms with van der Waals surface area (Å²) in [7, 11) is 0. The van der Waals surface area contributed by atoms with E-state index in [1.54, 1.807) is 16.4 Å². The highest BCUT2D eigenvalue weighted by atomic mass is 32.2. The Balaban J connectivity index is 2.01. The number of tetrazole rings is 1. The Labute approximate surface area is 126 Å². The van der Waals surface area contributed by atoms with Crippen LogP contribution in [0.2, 0.25) is 0 Å². The number of carbonyl (C=O) groups is 1. The molecule has 0 amide bonds. The van der Waals surface area contributed by atoms with Crippen LogP contribution in [0.4, 0.5) is 0 Å². The van der Waals surface area contributed by atoms with E-state index in [2.05, 4.69) is 15.5 Å². The van der Waals surface area contributed by atoms with Crippen LogP contribution in [0.5, 0.6) is 0 Å². The van der Waals surface area contributed by atoms with Gasteiger partial charge in [0, 0.05) is 10.5 Å². The minimum atomic E-state index is -0.813. The molecule has 1 fully saturated rings. The molecule has 3 rings (SSSR count). The lowest BCUT2D eigenvalue weighted by atomic mass is 10.1. The highest BCUT2D eigenvalue weighted by Gasteiger charge is 2.36. The Kier molecular flexibility index (Phi) is 3.92. The second-order valence-corrected chi connectivity index (χ2v) is 6.00. The second-order valence-electron chi connectivity index (χ2n) is 5.15. The molecule has 0 bridgehead atoms. The third-order valence-corrected chi connectivity index (χ3v) is 4.50. The number of carboxylic acids is 1. The molecule has 1 saturated carbocycles. The van der Waals surface area contributed by atoms with Crippen LogP contribution in [0, 0.1) is 5.92 Å². The van der Waals surface area contributed by atoms with Gasteiger partial charge in [0.2, 0.25) is 0 Å². The van der Waals surface area contributed by atoms with Crippen molar-refractivity contribution < 1.29 is 9.90 Å². The van der Waals surface area contributed by atoms with Gasteiger partial charge in [-0.15, -0.1) is 16.9 Å². The van der Waals surface area contributed by atoms with E-state index in [0.717, 1.165) is 23.3 Å². The summed E-state index contributed by atoms with van der Waals surface area (Å²) in [4.78, 5) is 12.2. The molecule has 1 aromatic heterocycles. The van der Waals surface area contributed by atoms with Gasteiger partial charge in [0.1, 0.15) is 0 Å². The molecule has 1 aromatic carbocycles. The Morgan fingerprint density at radius 2 is 2.24 bits per heavy atom. The molecule has 1 heterocycles. The molecule has 6 nitrogen and oxygen atoms in total. The van der Waals surface area contributed by atoms with Gasteiger partial charge in [0.15, 0.2) is 5.82 Å². The lowest BCUT2D eigenvalue weighted by Crippen LogP contribution is -2.18. The normalized spacial score (nSPS) is 15.9. The summed E-state index contributed by atoms with van der Waals surface area (Å²) < 4.78 is 1.70. The summed E-state index contributed by atoms with van der Waals surface area (Å²) in [5.41, 5.74) is 0.950. The molecule has 7 heteroatoms. The van der Waals surface area contributed by atoms with Gasteiger partial charge in [-0.3, -0.25) is 4.79 Å². The van der Waals surface area contributed by atoms with E-state index in [1.165, 1.54) is 0 Å². The van der Waals surface area contributed by atoms with Crippen molar-refractivity contribution >= 4 is 17.7 Å². The first-order chi connectivity index (χ1) is 10.2. The van der Waals surface area contributed by atoms with E-state index in [0.29, 0.717) is 11.7 Å². The van der Waals surface area contributed by atoms with E-state index in [4.69, 9.17) is 5.11 Å². The van der Waals surface area contributed by atoms with Gasteiger partial charge >= 0.3 is 5.97 Å². The molecule has 1 aliphatic carbocycles. The second kappa shape index (κ2) is 5.85. The molecule has 1 atom stereocenters. The summed E-state index contributed by atoms with van der Waals surface area (Å²) in [6, 6.07) is 7.74. The number of hydrogen-bond acceptors (Lipinski definition) is 5. The molecule has 1 unspecified atom stereocenters. The maximum absolute atomic E-state index is 11.1. The number of aliphatic carboxylic acids is 1. The molecule has 110 valence electrons. The lowest BCUT2D eigenvalue weighted by Gasteiger charge is -2.16. The fourth-order valence-electron chi connectivity index (χ4n) is 2.54. The van der Waals surface area contributed by atoms with Gasteiger partial charge in [-0.25, -0.2) is 4.68 Å². The standard InChI is InChI=1S/C14H16N4O2S/c1-21-12-5-3-2-4-10(12)14-15-16-17-18(14)11(8-13(19)20)9-6-7-9/h2-5,9,11H,6-8H2,1H3,(H,19,20). The summed E-state index contributed by atoms with van der Waals surface area (Å²) >= 11 is 1.63. The van der Waals surface area contributed by atoms with E-state index in [1.807, 2.05) is 30.5 Å². The Bertz CT molecular complexity index is 654. The van der Waals surface area contributed by atoms with Crippen molar-refractivity contribution in [2.24, 2.45) is 5.92 Å². The van der Waals surface area contributed by atoms with Gasteiger partial charge in [-0.1, -0.05) is 12.1 Å². The number of hydrogen-bond donors (Lipinski definition) is 1. The average molecular weight is 304 g/mol. The third-order valence-electron chi connectivity index (χ3n) is 3.70. The molecule has 0 spiro atoms. The summed E-state index contributed by atoms with van der Waals surface area (Å²) in [6.07, 6.45) is 4.15. The van der Waals surface area contributed by atoms with Crippen molar-refractivity contribution in [3.63, 3.8) is 0 Å². The van der Waals surface area contributed by atoms with Crippen LogP contribution in [0.3, 0.4) is 0 Å². The van der Waals surface area contributed by atoms with Crippen LogP contribution in [0.25, 0.3) is 11.4 Å². The Morgan fingerprint density at radius 1 is 1.48 bits per heavy atom. The molecule has 1 aliphatic rings. The van der Waals surface area contributed by atoms with Crippen molar-refractivity contribution in [2.75, 3.05) is 6.26 Å². The van der Waals surface area contributed by atoms with Gasteiger partial charge in [0.05, 0.1) is 12.5 Å². The van der Waals surface area contributed by atoms with Gasteiger partial charge in [-0.2, -0.15) is 0 Å². The van der Waals surface area contributed by atoms with Crippen molar-refractivity contribution in [1.82, 2.24) is 20.2 Å². The molecular weight excluding hydrogens is 288 g/mol. The van der Waals surface area contributed by atoms with Crippen molar-refractivity contribution in [3.8, 4) is 11.4 Å². The first kappa shape index (κ1) is 14.1. The van der Waals surface area contributed by atoms with Gasteiger partial charge in [-0.05, 0) is 47.6 Å². The Morgan fingerprint density at radius 3 is 2.90 bits per heavy atom. The maximum atomic E-state index is 11.1. The number of rotatable bonds is 6. The predicted molar refractivity (Wildman–Crippen MR) is 79.0 cm³/mol. The average Bonchev–Trinajstić information content (AvgIpc) is 3.21.